The zero-order chi connectivity index (χ0) is 18.4. The summed E-state index contributed by atoms with van der Waals surface area (Å²) in [6.45, 7) is 2.04. The third kappa shape index (κ3) is 2.70. The van der Waals surface area contributed by atoms with Gasteiger partial charge in [0, 0.05) is 17.1 Å². The summed E-state index contributed by atoms with van der Waals surface area (Å²) in [6, 6.07) is 13.1. The largest absolute Gasteiger partial charge is 0.454 e. The van der Waals surface area contributed by atoms with E-state index in [1.807, 2.05) is 49.4 Å². The van der Waals surface area contributed by atoms with Crippen molar-refractivity contribution in [3.05, 3.63) is 59.4 Å². The lowest BCUT2D eigenvalue weighted by molar-refractivity contribution is 0.0958. The molecule has 0 spiro atoms. The van der Waals surface area contributed by atoms with Gasteiger partial charge in [0.2, 0.25) is 6.79 Å². The summed E-state index contributed by atoms with van der Waals surface area (Å²) < 4.78 is 12.3. The van der Waals surface area contributed by atoms with Crippen LogP contribution in [0.5, 0.6) is 11.5 Å². The Kier molecular flexibility index (Phi) is 3.58. The van der Waals surface area contributed by atoms with E-state index in [1.54, 1.807) is 9.95 Å². The molecular weight excluding hydrogens is 364 g/mol. The van der Waals surface area contributed by atoms with Crippen molar-refractivity contribution in [2.75, 3.05) is 12.1 Å². The molecule has 0 bridgehead atoms. The quantitative estimate of drug-likeness (QED) is 0.581. The van der Waals surface area contributed by atoms with Gasteiger partial charge in [-0.3, -0.25) is 9.36 Å². The highest BCUT2D eigenvalue weighted by Crippen LogP contribution is 2.35. The maximum atomic E-state index is 13.0. The van der Waals surface area contributed by atoms with Crippen LogP contribution in [0.3, 0.4) is 0 Å². The average molecular weight is 378 g/mol. The summed E-state index contributed by atoms with van der Waals surface area (Å²) in [4.78, 5) is 21.8. The standard InChI is InChI=1S/C19H14N4O3S/c1-11-20-13-4-2-3-5-15(13)23(11)18(24)14-9-27-19(22-14)21-12-6-7-16-17(8-12)26-10-25-16/h2-9H,10H2,1H3,(H,21,22). The van der Waals surface area contributed by atoms with Crippen molar-refractivity contribution in [1.29, 1.82) is 0 Å². The van der Waals surface area contributed by atoms with Gasteiger partial charge in [-0.1, -0.05) is 12.1 Å². The summed E-state index contributed by atoms with van der Waals surface area (Å²) >= 11 is 1.37. The van der Waals surface area contributed by atoms with E-state index in [1.165, 1.54) is 11.3 Å². The van der Waals surface area contributed by atoms with E-state index >= 15 is 0 Å². The SMILES string of the molecule is Cc1nc2ccccc2n1C(=O)c1csc(Nc2ccc3c(c2)OCO3)n1. The van der Waals surface area contributed by atoms with Crippen LogP contribution in [0, 0.1) is 6.92 Å². The summed E-state index contributed by atoms with van der Waals surface area (Å²) in [5.74, 6) is 1.85. The van der Waals surface area contributed by atoms with Gasteiger partial charge in [0.15, 0.2) is 16.6 Å². The van der Waals surface area contributed by atoms with Crippen LogP contribution in [0.15, 0.2) is 47.8 Å². The van der Waals surface area contributed by atoms with Crippen molar-refractivity contribution in [3.63, 3.8) is 0 Å². The fourth-order valence-corrected chi connectivity index (χ4v) is 3.75. The first-order valence-electron chi connectivity index (χ1n) is 8.30. The monoisotopic (exact) mass is 378 g/mol. The van der Waals surface area contributed by atoms with Gasteiger partial charge in [-0.05, 0) is 31.2 Å². The Bertz CT molecular complexity index is 1180. The summed E-state index contributed by atoms with van der Waals surface area (Å²) in [7, 11) is 0. The van der Waals surface area contributed by atoms with Crippen molar-refractivity contribution in [1.82, 2.24) is 14.5 Å². The molecule has 7 nitrogen and oxygen atoms in total. The minimum Gasteiger partial charge on any atom is -0.454 e. The number of imidazole rings is 1. The molecule has 0 fully saturated rings. The molecule has 1 N–H and O–H groups in total. The first-order valence-corrected chi connectivity index (χ1v) is 9.18. The molecule has 1 aliphatic heterocycles. The summed E-state index contributed by atoms with van der Waals surface area (Å²) in [5, 5.41) is 5.57. The molecule has 0 saturated carbocycles. The maximum absolute atomic E-state index is 13.0. The molecule has 27 heavy (non-hydrogen) atoms. The number of anilines is 2. The molecule has 2 aromatic carbocycles. The molecule has 134 valence electrons. The molecule has 2 aromatic heterocycles. The first kappa shape index (κ1) is 15.8. The molecule has 0 atom stereocenters. The van der Waals surface area contributed by atoms with E-state index in [0.29, 0.717) is 22.4 Å². The highest BCUT2D eigenvalue weighted by molar-refractivity contribution is 7.14. The maximum Gasteiger partial charge on any atom is 0.283 e. The van der Waals surface area contributed by atoms with Gasteiger partial charge in [-0.2, -0.15) is 0 Å². The fourth-order valence-electron chi connectivity index (χ4n) is 3.04. The Morgan fingerprint density at radius 2 is 2.00 bits per heavy atom. The Balaban J connectivity index is 1.43. The first-order chi connectivity index (χ1) is 13.2. The molecular formula is C19H14N4O3S. The molecule has 3 heterocycles. The van der Waals surface area contributed by atoms with E-state index in [2.05, 4.69) is 15.3 Å². The number of carbonyl (C=O) groups excluding carboxylic acids is 1. The van der Waals surface area contributed by atoms with Crippen molar-refractivity contribution >= 4 is 39.1 Å². The number of hydrogen-bond acceptors (Lipinski definition) is 7. The van der Waals surface area contributed by atoms with E-state index in [-0.39, 0.29) is 12.7 Å². The van der Waals surface area contributed by atoms with Gasteiger partial charge >= 0.3 is 0 Å². The van der Waals surface area contributed by atoms with Gasteiger partial charge in [0.25, 0.3) is 5.91 Å². The number of ether oxygens (including phenoxy) is 2. The number of para-hydroxylation sites is 2. The number of nitrogens with one attached hydrogen (secondary N) is 1. The van der Waals surface area contributed by atoms with Gasteiger partial charge in [-0.15, -0.1) is 11.3 Å². The third-order valence-corrected chi connectivity index (χ3v) is 5.04. The summed E-state index contributed by atoms with van der Waals surface area (Å²) in [5.41, 5.74) is 2.75. The van der Waals surface area contributed by atoms with Crippen LogP contribution in [0.1, 0.15) is 16.3 Å². The lowest BCUT2D eigenvalue weighted by Gasteiger charge is -2.04. The number of thiazole rings is 1. The number of aromatic nitrogens is 3. The molecule has 0 unspecified atom stereocenters. The van der Waals surface area contributed by atoms with Crippen molar-refractivity contribution in [3.8, 4) is 11.5 Å². The molecule has 0 aliphatic carbocycles. The highest BCUT2D eigenvalue weighted by atomic mass is 32.1. The van der Waals surface area contributed by atoms with Crippen LogP contribution < -0.4 is 14.8 Å². The molecule has 5 rings (SSSR count). The number of carbonyl (C=O) groups is 1. The number of benzene rings is 2. The molecule has 0 radical (unpaired) electrons. The molecule has 0 amide bonds. The zero-order valence-electron chi connectivity index (χ0n) is 14.3. The molecule has 0 saturated heterocycles. The fraction of sp³-hybridized carbons (Fsp3) is 0.105. The second kappa shape index (κ2) is 6.10. The number of hydrogen-bond donors (Lipinski definition) is 1. The zero-order valence-corrected chi connectivity index (χ0v) is 15.1. The number of aryl methyl sites for hydroxylation is 1. The number of fused-ring (bicyclic) bond motifs is 2. The smallest absolute Gasteiger partial charge is 0.283 e. The van der Waals surface area contributed by atoms with Crippen LogP contribution in [0.25, 0.3) is 11.0 Å². The van der Waals surface area contributed by atoms with Gasteiger partial charge in [-0.25, -0.2) is 9.97 Å². The Morgan fingerprint density at radius 1 is 1.15 bits per heavy atom. The van der Waals surface area contributed by atoms with Crippen LogP contribution in [-0.4, -0.2) is 27.2 Å². The van der Waals surface area contributed by atoms with E-state index in [9.17, 15) is 4.79 Å². The Morgan fingerprint density at radius 3 is 2.93 bits per heavy atom. The van der Waals surface area contributed by atoms with Crippen molar-refractivity contribution in [2.45, 2.75) is 6.92 Å². The van der Waals surface area contributed by atoms with E-state index < -0.39 is 0 Å². The minimum absolute atomic E-state index is 0.198. The van der Waals surface area contributed by atoms with Gasteiger partial charge < -0.3 is 14.8 Å². The second-order valence-corrected chi connectivity index (χ2v) is 6.88. The average Bonchev–Trinajstić information content (AvgIpc) is 3.38. The lowest BCUT2D eigenvalue weighted by Crippen LogP contribution is -2.14. The van der Waals surface area contributed by atoms with Crippen LogP contribution in [0.2, 0.25) is 0 Å². The third-order valence-electron chi connectivity index (χ3n) is 4.28. The van der Waals surface area contributed by atoms with Gasteiger partial charge in [0.1, 0.15) is 11.5 Å². The van der Waals surface area contributed by atoms with Crippen LogP contribution in [0.4, 0.5) is 10.8 Å². The minimum atomic E-state index is -0.198. The molecule has 8 heteroatoms. The van der Waals surface area contributed by atoms with Crippen LogP contribution in [-0.2, 0) is 0 Å². The van der Waals surface area contributed by atoms with Crippen molar-refractivity contribution < 1.29 is 14.3 Å². The normalized spacial score (nSPS) is 12.5. The lowest BCUT2D eigenvalue weighted by atomic mass is 10.3. The second-order valence-electron chi connectivity index (χ2n) is 6.02. The predicted octanol–water partition coefficient (Wildman–Crippen LogP) is 3.96. The molecule has 4 aromatic rings. The topological polar surface area (TPSA) is 78.3 Å². The van der Waals surface area contributed by atoms with Crippen molar-refractivity contribution in [2.24, 2.45) is 0 Å². The number of rotatable bonds is 3. The van der Waals surface area contributed by atoms with Gasteiger partial charge in [0.05, 0.1) is 11.0 Å². The summed E-state index contributed by atoms with van der Waals surface area (Å²) in [6.07, 6.45) is 0. The highest BCUT2D eigenvalue weighted by Gasteiger charge is 2.19. The predicted molar refractivity (Wildman–Crippen MR) is 102 cm³/mol. The Labute approximate surface area is 158 Å². The Hall–Kier alpha value is -3.39. The van der Waals surface area contributed by atoms with Crippen LogP contribution >= 0.6 is 11.3 Å². The molecule has 1 aliphatic rings. The van der Waals surface area contributed by atoms with E-state index in [4.69, 9.17) is 9.47 Å². The number of nitrogens with zero attached hydrogens (tertiary/aromatic N) is 3. The van der Waals surface area contributed by atoms with E-state index in [0.717, 1.165) is 22.5 Å².